The molecule has 72 valence electrons. The van der Waals surface area contributed by atoms with Crippen molar-refractivity contribution in [2.24, 2.45) is 5.73 Å². The summed E-state index contributed by atoms with van der Waals surface area (Å²) in [5, 5.41) is 19.1. The summed E-state index contributed by atoms with van der Waals surface area (Å²) in [5.41, 5.74) is 7.01. The first-order chi connectivity index (χ1) is 6.02. The summed E-state index contributed by atoms with van der Waals surface area (Å²) in [6.45, 7) is 3.60. The highest BCUT2D eigenvalue weighted by Crippen LogP contribution is 2.26. The molecule has 0 heterocycles. The standard InChI is InChI=1S/C10H15NO2/c1-6-3-4-9(12)8(5-6)10(13)7(2)11/h3-5,7,10,12-13H,11H2,1-2H3/t7-,10-/m1/s1. The molecule has 4 N–H and O–H groups in total. The van der Waals surface area contributed by atoms with E-state index in [2.05, 4.69) is 0 Å². The highest BCUT2D eigenvalue weighted by atomic mass is 16.3. The summed E-state index contributed by atoms with van der Waals surface area (Å²) in [5.74, 6) is 0.0930. The summed E-state index contributed by atoms with van der Waals surface area (Å²) < 4.78 is 0. The number of aliphatic hydroxyl groups is 1. The Labute approximate surface area is 77.8 Å². The first-order valence-corrected chi connectivity index (χ1v) is 4.25. The Kier molecular flexibility index (Phi) is 2.90. The lowest BCUT2D eigenvalue weighted by Gasteiger charge is -2.16. The van der Waals surface area contributed by atoms with Crippen LogP contribution in [0.1, 0.15) is 24.2 Å². The lowest BCUT2D eigenvalue weighted by atomic mass is 10.0. The maximum Gasteiger partial charge on any atom is 0.121 e. The van der Waals surface area contributed by atoms with Gasteiger partial charge in [-0.05, 0) is 26.0 Å². The molecule has 1 aromatic rings. The average molecular weight is 181 g/mol. The van der Waals surface area contributed by atoms with Gasteiger partial charge in [-0.15, -0.1) is 0 Å². The molecule has 0 bridgehead atoms. The number of hydrogen-bond donors (Lipinski definition) is 3. The molecular formula is C10H15NO2. The number of benzene rings is 1. The monoisotopic (exact) mass is 181 g/mol. The Hall–Kier alpha value is -1.06. The van der Waals surface area contributed by atoms with Crippen molar-refractivity contribution in [3.63, 3.8) is 0 Å². The van der Waals surface area contributed by atoms with Gasteiger partial charge < -0.3 is 15.9 Å². The lowest BCUT2D eigenvalue weighted by Crippen LogP contribution is -2.24. The van der Waals surface area contributed by atoms with Crippen molar-refractivity contribution < 1.29 is 10.2 Å². The van der Waals surface area contributed by atoms with Crippen molar-refractivity contribution >= 4 is 0 Å². The SMILES string of the molecule is Cc1ccc(O)c([C@H](O)[C@@H](C)N)c1. The van der Waals surface area contributed by atoms with Gasteiger partial charge in [0, 0.05) is 11.6 Å². The third kappa shape index (κ3) is 2.20. The average Bonchev–Trinajstić information content (AvgIpc) is 2.08. The highest BCUT2D eigenvalue weighted by molar-refractivity contribution is 5.37. The lowest BCUT2D eigenvalue weighted by molar-refractivity contribution is 0.150. The third-order valence-electron chi connectivity index (χ3n) is 2.00. The van der Waals surface area contributed by atoms with E-state index in [0.29, 0.717) is 5.56 Å². The molecule has 0 aliphatic rings. The van der Waals surface area contributed by atoms with Crippen LogP contribution in [0.2, 0.25) is 0 Å². The van der Waals surface area contributed by atoms with E-state index in [0.717, 1.165) is 5.56 Å². The van der Waals surface area contributed by atoms with E-state index >= 15 is 0 Å². The molecule has 3 heteroatoms. The van der Waals surface area contributed by atoms with E-state index in [1.165, 1.54) is 0 Å². The summed E-state index contributed by atoms with van der Waals surface area (Å²) >= 11 is 0. The predicted octanol–water partition coefficient (Wildman–Crippen LogP) is 1.08. The number of phenols is 1. The Morgan fingerprint density at radius 3 is 2.54 bits per heavy atom. The van der Waals surface area contributed by atoms with Crippen LogP contribution in [0.3, 0.4) is 0 Å². The fourth-order valence-electron chi connectivity index (χ4n) is 1.19. The second kappa shape index (κ2) is 3.77. The van der Waals surface area contributed by atoms with Gasteiger partial charge in [0.1, 0.15) is 5.75 Å². The molecule has 2 atom stereocenters. The first-order valence-electron chi connectivity index (χ1n) is 4.25. The molecule has 0 aromatic heterocycles. The number of phenolic OH excluding ortho intramolecular Hbond substituents is 1. The first kappa shape index (κ1) is 10.0. The molecule has 0 saturated heterocycles. The largest absolute Gasteiger partial charge is 0.508 e. The zero-order chi connectivity index (χ0) is 10.0. The fraction of sp³-hybridized carbons (Fsp3) is 0.400. The van der Waals surface area contributed by atoms with E-state index in [1.807, 2.05) is 6.92 Å². The zero-order valence-corrected chi connectivity index (χ0v) is 7.86. The minimum atomic E-state index is -0.806. The van der Waals surface area contributed by atoms with Crippen LogP contribution in [0.4, 0.5) is 0 Å². The number of nitrogens with two attached hydrogens (primary N) is 1. The molecule has 1 rings (SSSR count). The van der Waals surface area contributed by atoms with E-state index < -0.39 is 6.10 Å². The van der Waals surface area contributed by atoms with Gasteiger partial charge in [0.25, 0.3) is 0 Å². The van der Waals surface area contributed by atoms with Crippen LogP contribution in [-0.4, -0.2) is 16.3 Å². The molecule has 0 aliphatic heterocycles. The van der Waals surface area contributed by atoms with Crippen LogP contribution in [0.5, 0.6) is 5.75 Å². The Balaban J connectivity index is 3.05. The Bertz CT molecular complexity index is 297. The minimum Gasteiger partial charge on any atom is -0.508 e. The van der Waals surface area contributed by atoms with Crippen molar-refractivity contribution in [2.45, 2.75) is 26.0 Å². The van der Waals surface area contributed by atoms with Gasteiger partial charge in [-0.1, -0.05) is 11.6 Å². The van der Waals surface area contributed by atoms with Crippen molar-refractivity contribution in [3.05, 3.63) is 29.3 Å². The smallest absolute Gasteiger partial charge is 0.121 e. The Morgan fingerprint density at radius 2 is 2.00 bits per heavy atom. The maximum absolute atomic E-state index is 9.62. The normalized spacial score (nSPS) is 15.4. The molecule has 0 unspecified atom stereocenters. The topological polar surface area (TPSA) is 66.5 Å². The van der Waals surface area contributed by atoms with Crippen LogP contribution < -0.4 is 5.73 Å². The summed E-state index contributed by atoms with van der Waals surface area (Å²) in [7, 11) is 0. The molecule has 0 aliphatic carbocycles. The zero-order valence-electron chi connectivity index (χ0n) is 7.86. The van der Waals surface area contributed by atoms with Gasteiger partial charge >= 0.3 is 0 Å². The van der Waals surface area contributed by atoms with Crippen molar-refractivity contribution in [1.29, 1.82) is 0 Å². The number of hydrogen-bond acceptors (Lipinski definition) is 3. The van der Waals surface area contributed by atoms with Crippen molar-refractivity contribution in [1.82, 2.24) is 0 Å². The molecule has 13 heavy (non-hydrogen) atoms. The van der Waals surface area contributed by atoms with Gasteiger partial charge in [-0.25, -0.2) is 0 Å². The van der Waals surface area contributed by atoms with E-state index in [-0.39, 0.29) is 11.8 Å². The summed E-state index contributed by atoms with van der Waals surface area (Å²) in [6.07, 6.45) is -0.806. The van der Waals surface area contributed by atoms with Gasteiger partial charge in [0.05, 0.1) is 6.10 Å². The molecule has 1 aromatic carbocycles. The summed E-state index contributed by atoms with van der Waals surface area (Å²) in [4.78, 5) is 0. The number of aliphatic hydroxyl groups excluding tert-OH is 1. The van der Waals surface area contributed by atoms with Gasteiger partial charge in [0.15, 0.2) is 0 Å². The van der Waals surface area contributed by atoms with Crippen molar-refractivity contribution in [2.75, 3.05) is 0 Å². The molecule has 0 fully saturated rings. The van der Waals surface area contributed by atoms with E-state index in [4.69, 9.17) is 5.73 Å². The van der Waals surface area contributed by atoms with Crippen molar-refractivity contribution in [3.8, 4) is 5.75 Å². The quantitative estimate of drug-likeness (QED) is 0.639. The van der Waals surface area contributed by atoms with Crippen LogP contribution in [0, 0.1) is 6.92 Å². The molecule has 0 amide bonds. The molecule has 3 nitrogen and oxygen atoms in total. The van der Waals surface area contributed by atoms with E-state index in [9.17, 15) is 10.2 Å². The molecule has 0 spiro atoms. The number of aromatic hydroxyl groups is 1. The molecular weight excluding hydrogens is 166 g/mol. The molecule has 0 radical (unpaired) electrons. The maximum atomic E-state index is 9.62. The highest BCUT2D eigenvalue weighted by Gasteiger charge is 2.15. The van der Waals surface area contributed by atoms with Crippen LogP contribution in [0.15, 0.2) is 18.2 Å². The second-order valence-electron chi connectivity index (χ2n) is 3.37. The van der Waals surface area contributed by atoms with Gasteiger partial charge in [-0.3, -0.25) is 0 Å². The molecule has 0 saturated carbocycles. The van der Waals surface area contributed by atoms with Crippen LogP contribution >= 0.6 is 0 Å². The summed E-state index contributed by atoms with van der Waals surface area (Å²) in [6, 6.07) is 4.71. The number of aryl methyl sites for hydroxylation is 1. The van der Waals surface area contributed by atoms with Crippen LogP contribution in [0.25, 0.3) is 0 Å². The fourth-order valence-corrected chi connectivity index (χ4v) is 1.19. The third-order valence-corrected chi connectivity index (χ3v) is 2.00. The van der Waals surface area contributed by atoms with Gasteiger partial charge in [0.2, 0.25) is 0 Å². The minimum absolute atomic E-state index is 0.0930. The second-order valence-corrected chi connectivity index (χ2v) is 3.37. The predicted molar refractivity (Wildman–Crippen MR) is 51.5 cm³/mol. The number of rotatable bonds is 2. The van der Waals surface area contributed by atoms with Crippen LogP contribution in [-0.2, 0) is 0 Å². The Morgan fingerprint density at radius 1 is 1.38 bits per heavy atom. The van der Waals surface area contributed by atoms with E-state index in [1.54, 1.807) is 25.1 Å². The van der Waals surface area contributed by atoms with Gasteiger partial charge in [-0.2, -0.15) is 0 Å².